The molecular formula is C12H19N5O2. The molecular weight excluding hydrogens is 246 g/mol. The number of anilines is 1. The molecule has 1 aromatic rings. The number of hydrogen-bond donors (Lipinski definition) is 2. The van der Waals surface area contributed by atoms with E-state index in [1.165, 1.54) is 7.11 Å². The van der Waals surface area contributed by atoms with Gasteiger partial charge in [-0.1, -0.05) is 0 Å². The molecule has 0 aliphatic carbocycles. The summed E-state index contributed by atoms with van der Waals surface area (Å²) in [5, 5.41) is 2.89. The van der Waals surface area contributed by atoms with Crippen molar-refractivity contribution in [3.8, 4) is 6.01 Å². The van der Waals surface area contributed by atoms with E-state index >= 15 is 0 Å². The second-order valence-electron chi connectivity index (χ2n) is 4.50. The Morgan fingerprint density at radius 1 is 1.47 bits per heavy atom. The van der Waals surface area contributed by atoms with E-state index in [2.05, 4.69) is 15.3 Å². The predicted molar refractivity (Wildman–Crippen MR) is 71.2 cm³/mol. The molecule has 1 fully saturated rings. The zero-order chi connectivity index (χ0) is 13.8. The van der Waals surface area contributed by atoms with Gasteiger partial charge in [0.1, 0.15) is 11.5 Å². The molecule has 3 N–H and O–H groups in total. The molecule has 0 saturated carbocycles. The molecule has 0 unspecified atom stereocenters. The van der Waals surface area contributed by atoms with Crippen LogP contribution in [0.5, 0.6) is 6.01 Å². The molecule has 0 radical (unpaired) electrons. The van der Waals surface area contributed by atoms with E-state index in [1.54, 1.807) is 18.0 Å². The van der Waals surface area contributed by atoms with Gasteiger partial charge in [-0.25, -0.2) is 0 Å². The van der Waals surface area contributed by atoms with E-state index in [0.717, 1.165) is 12.8 Å². The van der Waals surface area contributed by atoms with Gasteiger partial charge in [0.25, 0.3) is 5.91 Å². The van der Waals surface area contributed by atoms with Gasteiger partial charge in [0, 0.05) is 32.2 Å². The van der Waals surface area contributed by atoms with Gasteiger partial charge < -0.3 is 20.7 Å². The topological polar surface area (TPSA) is 93.4 Å². The van der Waals surface area contributed by atoms with Crippen LogP contribution >= 0.6 is 0 Å². The average molecular weight is 265 g/mol. The molecule has 2 rings (SSSR count). The molecule has 7 heteroatoms. The molecule has 7 nitrogen and oxygen atoms in total. The van der Waals surface area contributed by atoms with Crippen LogP contribution in [0.1, 0.15) is 23.3 Å². The highest BCUT2D eigenvalue weighted by molar-refractivity contribution is 5.93. The van der Waals surface area contributed by atoms with Gasteiger partial charge in [-0.3, -0.25) is 4.79 Å². The van der Waals surface area contributed by atoms with E-state index < -0.39 is 0 Å². The molecule has 1 saturated heterocycles. The number of nitrogens with one attached hydrogen (secondary N) is 1. The van der Waals surface area contributed by atoms with Crippen LogP contribution in [0.15, 0.2) is 6.07 Å². The first-order chi connectivity index (χ1) is 9.13. The molecule has 19 heavy (non-hydrogen) atoms. The Balaban J connectivity index is 2.18. The first-order valence-electron chi connectivity index (χ1n) is 6.29. The number of aromatic nitrogens is 2. The Morgan fingerprint density at radius 3 is 2.74 bits per heavy atom. The maximum atomic E-state index is 12.4. The fraction of sp³-hybridized carbons (Fsp3) is 0.583. The van der Waals surface area contributed by atoms with Crippen LogP contribution in [-0.2, 0) is 0 Å². The van der Waals surface area contributed by atoms with Crippen molar-refractivity contribution in [2.45, 2.75) is 18.9 Å². The number of hydrogen-bond acceptors (Lipinski definition) is 6. The normalized spacial score (nSPS) is 16.3. The number of amides is 1. The molecule has 1 aliphatic heterocycles. The summed E-state index contributed by atoms with van der Waals surface area (Å²) in [4.78, 5) is 22.3. The average Bonchev–Trinajstić information content (AvgIpc) is 2.46. The minimum Gasteiger partial charge on any atom is -0.467 e. The summed E-state index contributed by atoms with van der Waals surface area (Å²) < 4.78 is 5.00. The molecule has 1 aromatic heterocycles. The number of likely N-dealkylation sites (tertiary alicyclic amines) is 1. The minimum absolute atomic E-state index is 0.107. The molecule has 0 spiro atoms. The zero-order valence-corrected chi connectivity index (χ0v) is 11.2. The van der Waals surface area contributed by atoms with Gasteiger partial charge in [-0.15, -0.1) is 0 Å². The third kappa shape index (κ3) is 3.11. The number of nitrogens with two attached hydrogens (primary N) is 1. The first kappa shape index (κ1) is 13.5. The lowest BCUT2D eigenvalue weighted by atomic mass is 10.1. The molecule has 104 valence electrons. The van der Waals surface area contributed by atoms with Crippen molar-refractivity contribution in [3.05, 3.63) is 11.8 Å². The third-order valence-electron chi connectivity index (χ3n) is 3.19. The van der Waals surface area contributed by atoms with Crippen molar-refractivity contribution in [1.29, 1.82) is 0 Å². The number of piperidine rings is 1. The lowest BCUT2D eigenvalue weighted by Gasteiger charge is -2.29. The number of ether oxygens (including phenoxy) is 1. The monoisotopic (exact) mass is 265 g/mol. The van der Waals surface area contributed by atoms with Crippen molar-refractivity contribution in [2.24, 2.45) is 5.73 Å². The van der Waals surface area contributed by atoms with Crippen molar-refractivity contribution >= 4 is 11.7 Å². The summed E-state index contributed by atoms with van der Waals surface area (Å²) in [6.45, 7) is 1.34. The van der Waals surface area contributed by atoms with E-state index in [-0.39, 0.29) is 18.0 Å². The Bertz CT molecular complexity index is 435. The number of methoxy groups -OCH3 is 1. The first-order valence-corrected chi connectivity index (χ1v) is 6.29. The summed E-state index contributed by atoms with van der Waals surface area (Å²) in [5.74, 6) is 0.452. The second kappa shape index (κ2) is 5.83. The van der Waals surface area contributed by atoms with Crippen LogP contribution in [0.3, 0.4) is 0 Å². The maximum Gasteiger partial charge on any atom is 0.318 e. The maximum absolute atomic E-state index is 12.4. The van der Waals surface area contributed by atoms with Crippen LogP contribution in [0, 0.1) is 0 Å². The summed E-state index contributed by atoms with van der Waals surface area (Å²) in [7, 11) is 3.21. The van der Waals surface area contributed by atoms with Crippen LogP contribution in [0.4, 0.5) is 5.82 Å². The lowest BCUT2D eigenvalue weighted by molar-refractivity contribution is 0.0707. The summed E-state index contributed by atoms with van der Waals surface area (Å²) in [5.41, 5.74) is 6.17. The van der Waals surface area contributed by atoms with Gasteiger partial charge in [-0.2, -0.15) is 9.97 Å². The fourth-order valence-electron chi connectivity index (χ4n) is 2.02. The predicted octanol–water partition coefficient (Wildman–Crippen LogP) is 0.0902. The quantitative estimate of drug-likeness (QED) is 0.804. The van der Waals surface area contributed by atoms with Crippen molar-refractivity contribution in [3.63, 3.8) is 0 Å². The van der Waals surface area contributed by atoms with Crippen molar-refractivity contribution in [1.82, 2.24) is 14.9 Å². The van der Waals surface area contributed by atoms with Crippen LogP contribution in [0.25, 0.3) is 0 Å². The van der Waals surface area contributed by atoms with E-state index in [1.807, 2.05) is 0 Å². The Kier molecular flexibility index (Phi) is 4.16. The highest BCUT2D eigenvalue weighted by atomic mass is 16.5. The summed E-state index contributed by atoms with van der Waals surface area (Å²) in [6, 6.07) is 2.00. The van der Waals surface area contributed by atoms with Crippen LogP contribution in [0.2, 0.25) is 0 Å². The molecule has 2 heterocycles. The summed E-state index contributed by atoms with van der Waals surface area (Å²) >= 11 is 0. The van der Waals surface area contributed by atoms with E-state index in [0.29, 0.717) is 24.6 Å². The highest BCUT2D eigenvalue weighted by Gasteiger charge is 2.23. The zero-order valence-electron chi connectivity index (χ0n) is 11.2. The fourth-order valence-corrected chi connectivity index (χ4v) is 2.02. The van der Waals surface area contributed by atoms with Gasteiger partial charge >= 0.3 is 6.01 Å². The molecule has 1 aliphatic rings. The number of rotatable bonds is 3. The Labute approximate surface area is 112 Å². The van der Waals surface area contributed by atoms with E-state index in [4.69, 9.17) is 10.5 Å². The molecule has 0 aromatic carbocycles. The van der Waals surface area contributed by atoms with Gasteiger partial charge in [0.2, 0.25) is 0 Å². The third-order valence-corrected chi connectivity index (χ3v) is 3.19. The lowest BCUT2D eigenvalue weighted by Crippen LogP contribution is -2.43. The summed E-state index contributed by atoms with van der Waals surface area (Å²) in [6.07, 6.45) is 1.65. The van der Waals surface area contributed by atoms with Gasteiger partial charge in [-0.05, 0) is 12.8 Å². The second-order valence-corrected chi connectivity index (χ2v) is 4.50. The number of carbonyl (C=O) groups is 1. The SMILES string of the molecule is CNc1cc(C(=O)N2CCC(N)CC2)nc(OC)n1. The minimum atomic E-state index is -0.107. The highest BCUT2D eigenvalue weighted by Crippen LogP contribution is 2.16. The molecule has 0 atom stereocenters. The standard InChI is InChI=1S/C12H19N5O2/c1-14-10-7-9(15-12(16-10)19-2)11(18)17-5-3-8(13)4-6-17/h7-8H,3-6,13H2,1-2H3,(H,14,15,16). The number of nitrogens with zero attached hydrogens (tertiary/aromatic N) is 3. The molecule has 0 bridgehead atoms. The Morgan fingerprint density at radius 2 is 2.16 bits per heavy atom. The Hall–Kier alpha value is -1.89. The van der Waals surface area contributed by atoms with Crippen molar-refractivity contribution in [2.75, 3.05) is 32.6 Å². The van der Waals surface area contributed by atoms with Crippen LogP contribution < -0.4 is 15.8 Å². The molecule has 1 amide bonds. The van der Waals surface area contributed by atoms with Crippen LogP contribution in [-0.4, -0.2) is 54.1 Å². The largest absolute Gasteiger partial charge is 0.467 e. The number of carbonyl (C=O) groups excluding carboxylic acids is 1. The van der Waals surface area contributed by atoms with Crippen molar-refractivity contribution < 1.29 is 9.53 Å². The smallest absolute Gasteiger partial charge is 0.318 e. The van der Waals surface area contributed by atoms with E-state index in [9.17, 15) is 4.79 Å². The van der Waals surface area contributed by atoms with Gasteiger partial charge in [0.05, 0.1) is 7.11 Å². The van der Waals surface area contributed by atoms with Gasteiger partial charge in [0.15, 0.2) is 0 Å².